The van der Waals surface area contributed by atoms with E-state index in [0.717, 1.165) is 18.4 Å². The highest BCUT2D eigenvalue weighted by Crippen LogP contribution is 2.43. The summed E-state index contributed by atoms with van der Waals surface area (Å²) >= 11 is 0. The summed E-state index contributed by atoms with van der Waals surface area (Å²) in [5, 5.41) is 12.8. The number of aromatic nitrogens is 2. The van der Waals surface area contributed by atoms with E-state index >= 15 is 0 Å². The number of nitriles is 1. The van der Waals surface area contributed by atoms with E-state index in [4.69, 9.17) is 5.26 Å². The Labute approximate surface area is 152 Å². The number of fused-ring (bicyclic) bond motifs is 4. The van der Waals surface area contributed by atoms with Crippen LogP contribution < -0.4 is 5.10 Å². The summed E-state index contributed by atoms with van der Waals surface area (Å²) in [7, 11) is 0. The third kappa shape index (κ3) is 2.02. The van der Waals surface area contributed by atoms with Crippen LogP contribution in [0.1, 0.15) is 29.4 Å². The van der Waals surface area contributed by atoms with Crippen LogP contribution in [0, 0.1) is 11.3 Å². The van der Waals surface area contributed by atoms with Crippen LogP contribution in [-0.2, 0) is 12.8 Å². The zero-order chi connectivity index (χ0) is 17.7. The molecule has 1 N–H and O–H groups in total. The van der Waals surface area contributed by atoms with E-state index < -0.39 is 0 Å². The fourth-order valence-electron chi connectivity index (χ4n) is 4.09. The average Bonchev–Trinajstić information content (AvgIpc) is 3.27. The van der Waals surface area contributed by atoms with Crippen molar-refractivity contribution in [2.45, 2.75) is 19.8 Å². The van der Waals surface area contributed by atoms with E-state index in [2.05, 4.69) is 71.1 Å². The smallest absolute Gasteiger partial charge is 0.192 e. The SMILES string of the molecule is CCc1ccc2c(-c3ccc(C#N)cc3)c3c([nH+]n12)Cc1ccccc1-3. The van der Waals surface area contributed by atoms with Crippen molar-refractivity contribution in [3.63, 3.8) is 0 Å². The van der Waals surface area contributed by atoms with Gasteiger partial charge in [0.2, 0.25) is 5.69 Å². The highest BCUT2D eigenvalue weighted by Gasteiger charge is 2.30. The summed E-state index contributed by atoms with van der Waals surface area (Å²) in [5.74, 6) is 0. The van der Waals surface area contributed by atoms with Gasteiger partial charge in [-0.05, 0) is 47.4 Å². The number of hydrogen-bond donors (Lipinski definition) is 0. The molecular formula is C23H18N3+. The zero-order valence-corrected chi connectivity index (χ0v) is 14.6. The first kappa shape index (κ1) is 14.9. The van der Waals surface area contributed by atoms with Crippen molar-refractivity contribution < 1.29 is 5.10 Å². The molecule has 2 aromatic heterocycles. The first-order chi connectivity index (χ1) is 12.8. The third-order valence-electron chi connectivity index (χ3n) is 5.34. The molecule has 26 heavy (non-hydrogen) atoms. The molecule has 0 atom stereocenters. The summed E-state index contributed by atoms with van der Waals surface area (Å²) in [6, 6.07) is 23.2. The standard InChI is InChI=1S/C23H17N3/c1-2-18-11-12-21-22(16-9-7-15(14-24)8-10-16)23-19-6-4-3-5-17(19)13-20(23)25-26(18)21/h3-12H,2,13H2,1H3/p+1. The molecule has 0 saturated heterocycles. The monoisotopic (exact) mass is 336 g/mol. The number of rotatable bonds is 2. The lowest BCUT2D eigenvalue weighted by atomic mass is 9.95. The molecule has 3 nitrogen and oxygen atoms in total. The van der Waals surface area contributed by atoms with Gasteiger partial charge in [0.1, 0.15) is 5.52 Å². The lowest BCUT2D eigenvalue weighted by Crippen LogP contribution is -2.23. The molecule has 0 saturated carbocycles. The van der Waals surface area contributed by atoms with Gasteiger partial charge in [-0.3, -0.25) is 0 Å². The molecule has 0 fully saturated rings. The molecule has 2 heterocycles. The van der Waals surface area contributed by atoms with Gasteiger partial charge < -0.3 is 0 Å². The first-order valence-corrected chi connectivity index (χ1v) is 8.97. The lowest BCUT2D eigenvalue weighted by molar-refractivity contribution is -0.478. The summed E-state index contributed by atoms with van der Waals surface area (Å²) in [5.41, 5.74) is 10.7. The molecule has 0 radical (unpaired) electrons. The molecule has 1 aliphatic carbocycles. The van der Waals surface area contributed by atoms with Crippen molar-refractivity contribution in [1.29, 1.82) is 5.26 Å². The number of benzene rings is 2. The van der Waals surface area contributed by atoms with Gasteiger partial charge in [0, 0.05) is 5.56 Å². The van der Waals surface area contributed by atoms with Gasteiger partial charge in [-0.1, -0.05) is 43.3 Å². The van der Waals surface area contributed by atoms with Gasteiger partial charge in [-0.15, -0.1) is 9.61 Å². The van der Waals surface area contributed by atoms with Crippen molar-refractivity contribution in [3.8, 4) is 28.3 Å². The number of aromatic amines is 1. The van der Waals surface area contributed by atoms with Crippen molar-refractivity contribution in [2.75, 3.05) is 0 Å². The van der Waals surface area contributed by atoms with Crippen molar-refractivity contribution in [2.24, 2.45) is 0 Å². The largest absolute Gasteiger partial charge is 0.216 e. The Kier molecular flexibility index (Phi) is 3.20. The van der Waals surface area contributed by atoms with Crippen LogP contribution in [0.2, 0.25) is 0 Å². The van der Waals surface area contributed by atoms with E-state index in [0.29, 0.717) is 5.56 Å². The van der Waals surface area contributed by atoms with Crippen LogP contribution >= 0.6 is 0 Å². The second-order valence-corrected chi connectivity index (χ2v) is 6.76. The van der Waals surface area contributed by atoms with Crippen molar-refractivity contribution in [1.82, 2.24) is 4.52 Å². The van der Waals surface area contributed by atoms with Crippen LogP contribution in [0.3, 0.4) is 0 Å². The average molecular weight is 336 g/mol. The van der Waals surface area contributed by atoms with Crippen LogP contribution in [0.25, 0.3) is 27.8 Å². The molecule has 0 spiro atoms. The topological polar surface area (TPSA) is 42.3 Å². The molecule has 2 aromatic carbocycles. The Hall–Kier alpha value is -3.38. The second kappa shape index (κ2) is 5.57. The summed E-state index contributed by atoms with van der Waals surface area (Å²) in [6.07, 6.45) is 1.90. The summed E-state index contributed by atoms with van der Waals surface area (Å²) < 4.78 is 2.22. The third-order valence-corrected chi connectivity index (χ3v) is 5.34. The van der Waals surface area contributed by atoms with Crippen LogP contribution in [0.4, 0.5) is 0 Å². The Balaban J connectivity index is 1.88. The molecule has 5 rings (SSSR count). The minimum atomic E-state index is 0.689. The van der Waals surface area contributed by atoms with Gasteiger partial charge in [0.05, 0.1) is 29.3 Å². The van der Waals surface area contributed by atoms with Gasteiger partial charge in [0.15, 0.2) is 0 Å². The summed E-state index contributed by atoms with van der Waals surface area (Å²) in [4.78, 5) is 0. The Morgan fingerprint density at radius 2 is 1.81 bits per heavy atom. The molecule has 0 amide bonds. The summed E-state index contributed by atoms with van der Waals surface area (Å²) in [6.45, 7) is 2.18. The van der Waals surface area contributed by atoms with Crippen molar-refractivity contribution >= 4 is 5.52 Å². The van der Waals surface area contributed by atoms with Gasteiger partial charge in [-0.25, -0.2) is 0 Å². The van der Waals surface area contributed by atoms with Gasteiger partial charge in [0.25, 0.3) is 0 Å². The van der Waals surface area contributed by atoms with E-state index in [1.54, 1.807) is 0 Å². The Morgan fingerprint density at radius 3 is 2.58 bits per heavy atom. The predicted molar refractivity (Wildman–Crippen MR) is 102 cm³/mol. The molecular weight excluding hydrogens is 318 g/mol. The number of hydrogen-bond acceptors (Lipinski definition) is 1. The van der Waals surface area contributed by atoms with E-state index in [1.807, 2.05) is 12.1 Å². The molecule has 0 unspecified atom stereocenters. The molecule has 1 aliphatic rings. The highest BCUT2D eigenvalue weighted by molar-refractivity contribution is 5.96. The fraction of sp³-hybridized carbons (Fsp3) is 0.130. The van der Waals surface area contributed by atoms with Crippen LogP contribution in [0.15, 0.2) is 60.7 Å². The molecule has 124 valence electrons. The number of H-pyrrole nitrogens is 1. The van der Waals surface area contributed by atoms with E-state index in [1.165, 1.54) is 39.2 Å². The molecule has 3 heteroatoms. The van der Waals surface area contributed by atoms with Crippen LogP contribution in [0.5, 0.6) is 0 Å². The maximum Gasteiger partial charge on any atom is 0.216 e. The minimum absolute atomic E-state index is 0.689. The van der Waals surface area contributed by atoms with E-state index in [9.17, 15) is 0 Å². The minimum Gasteiger partial charge on any atom is -0.192 e. The lowest BCUT2D eigenvalue weighted by Gasteiger charge is -2.10. The van der Waals surface area contributed by atoms with Gasteiger partial charge >= 0.3 is 0 Å². The zero-order valence-electron chi connectivity index (χ0n) is 14.6. The van der Waals surface area contributed by atoms with Crippen molar-refractivity contribution in [3.05, 3.63) is 83.2 Å². The Morgan fingerprint density at radius 1 is 1.00 bits per heavy atom. The quantitative estimate of drug-likeness (QED) is 0.470. The maximum atomic E-state index is 9.13. The predicted octanol–water partition coefficient (Wildman–Crippen LogP) is 4.43. The molecule has 0 aliphatic heterocycles. The molecule has 4 aromatic rings. The van der Waals surface area contributed by atoms with E-state index in [-0.39, 0.29) is 0 Å². The second-order valence-electron chi connectivity index (χ2n) is 6.76. The first-order valence-electron chi connectivity index (χ1n) is 8.97. The molecule has 0 bridgehead atoms. The number of nitrogens with one attached hydrogen (secondary N) is 1. The number of nitrogens with zero attached hydrogens (tertiary/aromatic N) is 2. The van der Waals surface area contributed by atoms with Crippen LogP contribution in [-0.4, -0.2) is 4.52 Å². The Bertz CT molecular complexity index is 1190. The highest BCUT2D eigenvalue weighted by atomic mass is 15.2. The van der Waals surface area contributed by atoms with Gasteiger partial charge in [-0.2, -0.15) is 5.26 Å². The number of aryl methyl sites for hydroxylation is 1. The maximum absolute atomic E-state index is 9.13. The normalized spacial score (nSPS) is 12.0. The fourth-order valence-corrected chi connectivity index (χ4v) is 4.09.